The third-order valence-corrected chi connectivity index (χ3v) is 5.03. The minimum absolute atomic E-state index is 0.0594. The van der Waals surface area contributed by atoms with Crippen LogP contribution in [0.5, 0.6) is 0 Å². The normalized spacial score (nSPS) is 19.7. The van der Waals surface area contributed by atoms with E-state index in [9.17, 15) is 4.79 Å². The van der Waals surface area contributed by atoms with Crippen molar-refractivity contribution in [1.82, 2.24) is 4.90 Å². The van der Waals surface area contributed by atoms with E-state index < -0.39 is 5.41 Å². The van der Waals surface area contributed by atoms with Gasteiger partial charge in [0.25, 0.3) is 0 Å². The summed E-state index contributed by atoms with van der Waals surface area (Å²) in [5.74, 6) is 0.993. The van der Waals surface area contributed by atoms with Crippen molar-refractivity contribution >= 4 is 34.9 Å². The van der Waals surface area contributed by atoms with Gasteiger partial charge >= 0.3 is 0 Å². The fourth-order valence-corrected chi connectivity index (χ4v) is 3.62. The van der Waals surface area contributed by atoms with E-state index in [2.05, 4.69) is 13.2 Å². The zero-order chi connectivity index (χ0) is 14.5. The molecule has 0 bridgehead atoms. The van der Waals surface area contributed by atoms with Gasteiger partial charge < -0.3 is 15.4 Å². The summed E-state index contributed by atoms with van der Waals surface area (Å²) >= 11 is 6.93. The standard InChI is InChI=1S/C13H24N2O2S2/c1-4-10(9-19-3)15(2)12(16)13(11(14)18)5-7-17-8-6-13/h10H,4-9H2,1-3H3,(H2,14,18). The smallest absolute Gasteiger partial charge is 0.235 e. The van der Waals surface area contributed by atoms with Crippen molar-refractivity contribution in [2.75, 3.05) is 32.3 Å². The summed E-state index contributed by atoms with van der Waals surface area (Å²) in [5.41, 5.74) is 5.18. The van der Waals surface area contributed by atoms with Crippen LogP contribution in [0, 0.1) is 5.41 Å². The highest BCUT2D eigenvalue weighted by Gasteiger charge is 2.45. The van der Waals surface area contributed by atoms with Gasteiger partial charge in [-0.05, 0) is 25.5 Å². The molecule has 1 saturated heterocycles. The molecule has 110 valence electrons. The number of ether oxygens (including phenoxy) is 1. The minimum atomic E-state index is -0.700. The highest BCUT2D eigenvalue weighted by atomic mass is 32.2. The Balaban J connectivity index is 2.90. The predicted molar refractivity (Wildman–Crippen MR) is 84.5 cm³/mol. The Morgan fingerprint density at radius 3 is 2.53 bits per heavy atom. The third-order valence-electron chi connectivity index (χ3n) is 3.93. The van der Waals surface area contributed by atoms with Crippen LogP contribution in [0.15, 0.2) is 0 Å². The fourth-order valence-electron chi connectivity index (χ4n) is 2.48. The van der Waals surface area contributed by atoms with Crippen LogP contribution in [0.4, 0.5) is 0 Å². The first-order valence-electron chi connectivity index (χ1n) is 6.63. The van der Waals surface area contributed by atoms with Gasteiger partial charge in [0.05, 0.1) is 4.99 Å². The van der Waals surface area contributed by atoms with Crippen molar-refractivity contribution in [3.05, 3.63) is 0 Å². The number of nitrogens with zero attached hydrogens (tertiary/aromatic N) is 1. The van der Waals surface area contributed by atoms with Gasteiger partial charge in [0.2, 0.25) is 5.91 Å². The summed E-state index contributed by atoms with van der Waals surface area (Å²) < 4.78 is 5.35. The SMILES string of the molecule is CCC(CSC)N(C)C(=O)C1(C(N)=S)CCOCC1. The molecule has 1 fully saturated rings. The highest BCUT2D eigenvalue weighted by Crippen LogP contribution is 2.34. The lowest BCUT2D eigenvalue weighted by atomic mass is 9.78. The maximum atomic E-state index is 12.8. The van der Waals surface area contributed by atoms with Crippen LogP contribution in [0.2, 0.25) is 0 Å². The van der Waals surface area contributed by atoms with E-state index >= 15 is 0 Å². The Labute approximate surface area is 125 Å². The summed E-state index contributed by atoms with van der Waals surface area (Å²) in [6.45, 7) is 3.20. The molecule has 0 spiro atoms. The van der Waals surface area contributed by atoms with Crippen molar-refractivity contribution < 1.29 is 9.53 Å². The van der Waals surface area contributed by atoms with Crippen molar-refractivity contribution in [1.29, 1.82) is 0 Å². The van der Waals surface area contributed by atoms with Crippen LogP contribution in [-0.4, -0.2) is 54.1 Å². The lowest BCUT2D eigenvalue weighted by Crippen LogP contribution is -2.54. The maximum absolute atomic E-state index is 12.8. The summed E-state index contributed by atoms with van der Waals surface area (Å²) in [6, 6.07) is 0.233. The molecular weight excluding hydrogens is 280 g/mol. The van der Waals surface area contributed by atoms with E-state index in [1.165, 1.54) is 0 Å². The maximum Gasteiger partial charge on any atom is 0.235 e. The minimum Gasteiger partial charge on any atom is -0.392 e. The second kappa shape index (κ2) is 7.45. The van der Waals surface area contributed by atoms with Gasteiger partial charge in [-0.1, -0.05) is 19.1 Å². The predicted octanol–water partition coefficient (Wildman–Crippen LogP) is 1.67. The molecule has 6 heteroatoms. The molecule has 0 radical (unpaired) electrons. The van der Waals surface area contributed by atoms with Gasteiger partial charge in [-0.3, -0.25) is 4.79 Å². The number of carbonyl (C=O) groups is 1. The lowest BCUT2D eigenvalue weighted by molar-refractivity contribution is -0.142. The van der Waals surface area contributed by atoms with Crippen LogP contribution in [0.3, 0.4) is 0 Å². The molecule has 1 unspecified atom stereocenters. The number of rotatable bonds is 6. The number of thioether (sulfide) groups is 1. The molecule has 0 aromatic carbocycles. The van der Waals surface area contributed by atoms with Gasteiger partial charge in [-0.15, -0.1) is 0 Å². The van der Waals surface area contributed by atoms with Crippen molar-refractivity contribution in [2.45, 2.75) is 32.2 Å². The van der Waals surface area contributed by atoms with Gasteiger partial charge in [0.15, 0.2) is 0 Å². The zero-order valence-electron chi connectivity index (χ0n) is 12.0. The Hall–Kier alpha value is -0.330. The van der Waals surface area contributed by atoms with E-state index in [1.807, 2.05) is 11.9 Å². The van der Waals surface area contributed by atoms with E-state index in [0.717, 1.165) is 12.2 Å². The molecule has 19 heavy (non-hydrogen) atoms. The molecule has 0 aliphatic carbocycles. The van der Waals surface area contributed by atoms with E-state index in [1.54, 1.807) is 11.8 Å². The molecule has 2 N–H and O–H groups in total. The van der Waals surface area contributed by atoms with Crippen LogP contribution in [0.1, 0.15) is 26.2 Å². The van der Waals surface area contributed by atoms with Crippen LogP contribution < -0.4 is 5.73 Å². The summed E-state index contributed by atoms with van der Waals surface area (Å²) in [4.78, 5) is 15.0. The number of nitrogens with two attached hydrogens (primary N) is 1. The number of amides is 1. The number of carbonyl (C=O) groups excluding carboxylic acids is 1. The number of hydrogen-bond acceptors (Lipinski definition) is 4. The first-order valence-corrected chi connectivity index (χ1v) is 8.43. The molecule has 0 aromatic rings. The van der Waals surface area contributed by atoms with Crippen molar-refractivity contribution in [2.24, 2.45) is 11.1 Å². The molecule has 1 aliphatic heterocycles. The summed E-state index contributed by atoms with van der Waals surface area (Å²) in [5, 5.41) is 0. The van der Waals surface area contributed by atoms with Gasteiger partial charge in [-0.25, -0.2) is 0 Å². The molecule has 1 amide bonds. The Bertz CT molecular complexity index is 331. The highest BCUT2D eigenvalue weighted by molar-refractivity contribution is 7.98. The zero-order valence-corrected chi connectivity index (χ0v) is 13.6. The molecule has 1 heterocycles. The average Bonchev–Trinajstić information content (AvgIpc) is 2.43. The first-order chi connectivity index (χ1) is 8.99. The third kappa shape index (κ3) is 3.61. The van der Waals surface area contributed by atoms with Crippen molar-refractivity contribution in [3.8, 4) is 0 Å². The molecule has 0 aromatic heterocycles. The van der Waals surface area contributed by atoms with E-state index in [4.69, 9.17) is 22.7 Å². The molecule has 0 saturated carbocycles. The van der Waals surface area contributed by atoms with Crippen LogP contribution in [-0.2, 0) is 9.53 Å². The van der Waals surface area contributed by atoms with Crippen LogP contribution >= 0.6 is 24.0 Å². The monoisotopic (exact) mass is 304 g/mol. The Morgan fingerprint density at radius 1 is 1.53 bits per heavy atom. The number of hydrogen-bond donors (Lipinski definition) is 1. The lowest BCUT2D eigenvalue weighted by Gasteiger charge is -2.40. The van der Waals surface area contributed by atoms with E-state index in [0.29, 0.717) is 31.0 Å². The molecule has 1 aliphatic rings. The molecule has 1 atom stereocenters. The average molecular weight is 304 g/mol. The Morgan fingerprint density at radius 2 is 2.11 bits per heavy atom. The van der Waals surface area contributed by atoms with E-state index in [-0.39, 0.29) is 11.9 Å². The van der Waals surface area contributed by atoms with Gasteiger partial charge in [-0.2, -0.15) is 11.8 Å². The summed E-state index contributed by atoms with van der Waals surface area (Å²) in [7, 11) is 1.86. The molecule has 4 nitrogen and oxygen atoms in total. The fraction of sp³-hybridized carbons (Fsp3) is 0.846. The first kappa shape index (κ1) is 16.7. The van der Waals surface area contributed by atoms with Crippen LogP contribution in [0.25, 0.3) is 0 Å². The topological polar surface area (TPSA) is 55.6 Å². The summed E-state index contributed by atoms with van der Waals surface area (Å²) in [6.07, 6.45) is 4.19. The van der Waals surface area contributed by atoms with Gasteiger partial charge in [0, 0.05) is 32.1 Å². The second-order valence-corrected chi connectivity index (χ2v) is 6.34. The largest absolute Gasteiger partial charge is 0.392 e. The number of thiocarbonyl (C=S) groups is 1. The quantitative estimate of drug-likeness (QED) is 0.757. The molecular formula is C13H24N2O2S2. The van der Waals surface area contributed by atoms with Crippen molar-refractivity contribution in [3.63, 3.8) is 0 Å². The second-order valence-electron chi connectivity index (χ2n) is 4.99. The Kier molecular flexibility index (Phi) is 6.56. The van der Waals surface area contributed by atoms with Gasteiger partial charge in [0.1, 0.15) is 5.41 Å². The molecule has 1 rings (SSSR count).